The first kappa shape index (κ1) is 21.8. The van der Waals surface area contributed by atoms with Crippen molar-refractivity contribution >= 4 is 33.9 Å². The average Bonchev–Trinajstić information content (AvgIpc) is 3.33. The van der Waals surface area contributed by atoms with Crippen molar-refractivity contribution in [3.63, 3.8) is 0 Å². The molecule has 0 fully saturated rings. The van der Waals surface area contributed by atoms with E-state index in [9.17, 15) is 9.59 Å². The maximum Gasteiger partial charge on any atom is 0.259 e. The van der Waals surface area contributed by atoms with Crippen molar-refractivity contribution in [2.75, 3.05) is 20.7 Å². The third-order valence-corrected chi connectivity index (χ3v) is 5.81. The summed E-state index contributed by atoms with van der Waals surface area (Å²) in [6.07, 6.45) is 5.90. The van der Waals surface area contributed by atoms with E-state index < -0.39 is 0 Å². The number of aromatic amines is 1. The number of rotatable bonds is 4. The predicted octanol–water partition coefficient (Wildman–Crippen LogP) is 3.85. The summed E-state index contributed by atoms with van der Waals surface area (Å²) in [5, 5.41) is 6.20. The molecule has 3 N–H and O–H groups in total. The summed E-state index contributed by atoms with van der Waals surface area (Å²) >= 11 is 0. The van der Waals surface area contributed by atoms with Gasteiger partial charge in [0.1, 0.15) is 5.75 Å². The second kappa shape index (κ2) is 9.40. The first-order valence-corrected chi connectivity index (χ1v) is 11.1. The Morgan fingerprint density at radius 3 is 2.41 bits per heavy atom. The number of fused-ring (bicyclic) bond motifs is 2. The normalized spacial score (nSPS) is 15.3. The van der Waals surface area contributed by atoms with Crippen LogP contribution in [0.3, 0.4) is 0 Å². The van der Waals surface area contributed by atoms with E-state index in [1.165, 1.54) is 5.56 Å². The molecule has 2 aliphatic rings. The predicted molar refractivity (Wildman–Crippen MR) is 127 cm³/mol. The van der Waals surface area contributed by atoms with Gasteiger partial charge in [0.2, 0.25) is 0 Å². The third kappa shape index (κ3) is 3.94. The first-order chi connectivity index (χ1) is 15.6. The highest BCUT2D eigenvalue weighted by Crippen LogP contribution is 2.40. The Balaban J connectivity index is 0.000000775. The molecule has 0 spiro atoms. The van der Waals surface area contributed by atoms with E-state index in [0.717, 1.165) is 59.0 Å². The fraction of sp³-hybridized carbons (Fsp3) is 0.308. The van der Waals surface area contributed by atoms with Gasteiger partial charge in [-0.1, -0.05) is 18.2 Å². The number of benzene rings is 2. The molecule has 0 unspecified atom stereocenters. The molecule has 2 aromatic carbocycles. The van der Waals surface area contributed by atoms with Gasteiger partial charge in [-0.15, -0.1) is 0 Å². The van der Waals surface area contributed by atoms with Crippen molar-refractivity contribution in [2.24, 2.45) is 0 Å². The quantitative estimate of drug-likeness (QED) is 0.548. The van der Waals surface area contributed by atoms with Gasteiger partial charge in [-0.2, -0.15) is 0 Å². The molecule has 1 aliphatic carbocycles. The number of ether oxygens (including phenoxy) is 1. The number of aryl methyl sites for hydroxylation is 1. The molecule has 3 aromatic rings. The van der Waals surface area contributed by atoms with Crippen LogP contribution >= 0.6 is 0 Å². The fourth-order valence-electron chi connectivity index (χ4n) is 4.56. The minimum atomic E-state index is -0.346. The summed E-state index contributed by atoms with van der Waals surface area (Å²) in [5.41, 5.74) is 5.80. The van der Waals surface area contributed by atoms with Gasteiger partial charge in [-0.25, -0.2) is 0 Å². The smallest absolute Gasteiger partial charge is 0.259 e. The van der Waals surface area contributed by atoms with E-state index in [1.807, 2.05) is 57.5 Å². The molecule has 0 saturated carbocycles. The van der Waals surface area contributed by atoms with Crippen LogP contribution in [0.15, 0.2) is 42.6 Å². The van der Waals surface area contributed by atoms with E-state index in [-0.39, 0.29) is 11.8 Å². The Kier molecular flexibility index (Phi) is 6.42. The Morgan fingerprint density at radius 1 is 0.969 bits per heavy atom. The number of para-hydroxylation sites is 1. The second-order valence-corrected chi connectivity index (χ2v) is 8.03. The number of aromatic nitrogens is 1. The number of carbonyl (C=O) groups excluding carboxylic acids is 2. The summed E-state index contributed by atoms with van der Waals surface area (Å²) in [7, 11) is 3.75. The molecule has 0 atom stereocenters. The molecule has 0 saturated heterocycles. The van der Waals surface area contributed by atoms with Crippen LogP contribution < -0.4 is 15.4 Å². The number of hydrogen-bond acceptors (Lipinski definition) is 4. The third-order valence-electron chi connectivity index (χ3n) is 5.81. The molecule has 2 amide bonds. The van der Waals surface area contributed by atoms with Gasteiger partial charge in [0.05, 0.1) is 17.8 Å². The molecular formula is C26H29N3O3. The molecule has 166 valence electrons. The van der Waals surface area contributed by atoms with Crippen molar-refractivity contribution in [3.8, 4) is 5.75 Å². The number of carbonyl (C=O) groups is 2. The van der Waals surface area contributed by atoms with Crippen molar-refractivity contribution in [1.29, 1.82) is 0 Å². The standard InChI is InChI=1S/C24H22N2O3.C2H7N/c1-2-29-15-11-14-7-3-4-8-16(14)18(12-15)21-22(24(28)26-23(21)27)19-13-25-20-10-6-5-9-17(19)20;1-3-2/h5-6,9-13,25H,2-4,7-8H2,1H3,(H,26,27,28);3H,1-2H3. The lowest BCUT2D eigenvalue weighted by molar-refractivity contribution is -0.122. The van der Waals surface area contributed by atoms with E-state index in [1.54, 1.807) is 0 Å². The highest BCUT2D eigenvalue weighted by molar-refractivity contribution is 6.50. The molecule has 0 radical (unpaired) electrons. The minimum absolute atomic E-state index is 0.336. The molecule has 6 nitrogen and oxygen atoms in total. The minimum Gasteiger partial charge on any atom is -0.494 e. The number of amides is 2. The Bertz CT molecular complexity index is 1210. The van der Waals surface area contributed by atoms with Crippen LogP contribution in [0.5, 0.6) is 5.75 Å². The maximum absolute atomic E-state index is 12.9. The van der Waals surface area contributed by atoms with Crippen molar-refractivity contribution in [2.45, 2.75) is 32.6 Å². The molecular weight excluding hydrogens is 402 g/mol. The number of hydrogen-bond donors (Lipinski definition) is 3. The lowest BCUT2D eigenvalue weighted by atomic mass is 9.84. The van der Waals surface area contributed by atoms with Gasteiger partial charge in [0.15, 0.2) is 0 Å². The molecule has 1 aromatic heterocycles. The van der Waals surface area contributed by atoms with Crippen molar-refractivity contribution in [3.05, 3.63) is 64.8 Å². The molecule has 5 rings (SSSR count). The zero-order valence-corrected chi connectivity index (χ0v) is 18.8. The number of imide groups is 1. The van der Waals surface area contributed by atoms with Crippen LogP contribution in [-0.4, -0.2) is 37.5 Å². The summed E-state index contributed by atoms with van der Waals surface area (Å²) in [6, 6.07) is 11.8. The highest BCUT2D eigenvalue weighted by atomic mass is 16.5. The zero-order chi connectivity index (χ0) is 22.7. The van der Waals surface area contributed by atoms with Gasteiger partial charge in [-0.05, 0) is 81.6 Å². The highest BCUT2D eigenvalue weighted by Gasteiger charge is 2.35. The van der Waals surface area contributed by atoms with E-state index >= 15 is 0 Å². The summed E-state index contributed by atoms with van der Waals surface area (Å²) in [5.74, 6) is 0.0684. The summed E-state index contributed by atoms with van der Waals surface area (Å²) < 4.78 is 5.79. The second-order valence-electron chi connectivity index (χ2n) is 8.03. The largest absolute Gasteiger partial charge is 0.494 e. The molecule has 32 heavy (non-hydrogen) atoms. The first-order valence-electron chi connectivity index (χ1n) is 11.1. The molecule has 0 bridgehead atoms. The fourth-order valence-corrected chi connectivity index (χ4v) is 4.56. The van der Waals surface area contributed by atoms with E-state index in [0.29, 0.717) is 17.8 Å². The SMILES string of the molecule is CCOc1cc2c(c(C3=C(c4c[nH]c5ccccc45)C(=O)NC3=O)c1)CCCC2.CNC. The Morgan fingerprint density at radius 2 is 1.66 bits per heavy atom. The lowest BCUT2D eigenvalue weighted by Crippen LogP contribution is -2.23. The molecule has 2 heterocycles. The number of H-pyrrole nitrogens is 1. The zero-order valence-electron chi connectivity index (χ0n) is 18.8. The summed E-state index contributed by atoms with van der Waals surface area (Å²) in [4.78, 5) is 29.0. The van der Waals surface area contributed by atoms with E-state index in [4.69, 9.17) is 4.74 Å². The van der Waals surface area contributed by atoms with Gasteiger partial charge < -0.3 is 15.0 Å². The van der Waals surface area contributed by atoms with Crippen LogP contribution in [0.1, 0.15) is 42.0 Å². The Hall–Kier alpha value is -3.38. The van der Waals surface area contributed by atoms with Gasteiger partial charge in [0, 0.05) is 22.7 Å². The van der Waals surface area contributed by atoms with Crippen LogP contribution in [0.25, 0.3) is 22.0 Å². The Labute approximate surface area is 188 Å². The van der Waals surface area contributed by atoms with Gasteiger partial charge in [-0.3, -0.25) is 14.9 Å². The molecule has 1 aliphatic heterocycles. The lowest BCUT2D eigenvalue weighted by Gasteiger charge is -2.21. The topological polar surface area (TPSA) is 83.2 Å². The van der Waals surface area contributed by atoms with Crippen molar-refractivity contribution < 1.29 is 14.3 Å². The average molecular weight is 432 g/mol. The van der Waals surface area contributed by atoms with Crippen LogP contribution in [-0.2, 0) is 22.4 Å². The van der Waals surface area contributed by atoms with Gasteiger partial charge in [0.25, 0.3) is 11.8 Å². The van der Waals surface area contributed by atoms with Crippen LogP contribution in [0, 0.1) is 0 Å². The van der Waals surface area contributed by atoms with Crippen LogP contribution in [0.2, 0.25) is 0 Å². The van der Waals surface area contributed by atoms with E-state index in [2.05, 4.69) is 21.7 Å². The maximum atomic E-state index is 12.9. The number of nitrogens with one attached hydrogen (secondary N) is 3. The van der Waals surface area contributed by atoms with Gasteiger partial charge >= 0.3 is 0 Å². The monoisotopic (exact) mass is 431 g/mol. The van der Waals surface area contributed by atoms with Crippen molar-refractivity contribution in [1.82, 2.24) is 15.6 Å². The van der Waals surface area contributed by atoms with Crippen LogP contribution in [0.4, 0.5) is 0 Å². The molecule has 6 heteroatoms. The summed E-state index contributed by atoms with van der Waals surface area (Å²) in [6.45, 7) is 2.50.